The third-order valence-corrected chi connectivity index (χ3v) is 4.62. The van der Waals surface area contributed by atoms with Crippen molar-refractivity contribution in [3.8, 4) is 0 Å². The summed E-state index contributed by atoms with van der Waals surface area (Å²) in [5, 5.41) is 3.47. The van der Waals surface area contributed by atoms with E-state index in [0.29, 0.717) is 49.1 Å². The van der Waals surface area contributed by atoms with Gasteiger partial charge in [-0.2, -0.15) is 0 Å². The van der Waals surface area contributed by atoms with E-state index in [1.165, 1.54) is 6.07 Å². The number of morpholine rings is 1. The summed E-state index contributed by atoms with van der Waals surface area (Å²) in [5.41, 5.74) is 2.17. The normalized spacial score (nSPS) is 14.3. The van der Waals surface area contributed by atoms with Gasteiger partial charge in [-0.25, -0.2) is 4.39 Å². The Morgan fingerprint density at radius 2 is 1.88 bits per heavy atom. The molecule has 0 bridgehead atoms. The molecule has 2 aromatic rings. The minimum absolute atomic E-state index is 0.113. The number of carbonyl (C=O) groups is 1. The largest absolute Gasteiger partial charge is 0.378 e. The van der Waals surface area contributed by atoms with Gasteiger partial charge in [0, 0.05) is 30.2 Å². The zero-order chi connectivity index (χ0) is 18.4. The predicted octanol–water partition coefficient (Wildman–Crippen LogP) is 4.28. The highest BCUT2D eigenvalue weighted by Crippen LogP contribution is 2.24. The van der Waals surface area contributed by atoms with E-state index in [1.807, 2.05) is 29.2 Å². The van der Waals surface area contributed by atoms with Crippen molar-refractivity contribution in [2.24, 2.45) is 0 Å². The second kappa shape index (κ2) is 9.01. The molecule has 3 rings (SSSR count). The van der Waals surface area contributed by atoms with Crippen LogP contribution in [-0.2, 0) is 16.0 Å². The first kappa shape index (κ1) is 18.7. The van der Waals surface area contributed by atoms with Gasteiger partial charge in [0.2, 0.25) is 5.91 Å². The molecule has 1 N–H and O–H groups in total. The standard InChI is InChI=1S/C20H22ClFN2O2/c21-16-6-4-15(5-7-16)2-1-3-20(25)23-17-8-9-19(18(22)14-17)24-10-12-26-13-11-24/h4-9,14H,1-3,10-13H2,(H,23,25). The van der Waals surface area contributed by atoms with Gasteiger partial charge in [-0.1, -0.05) is 23.7 Å². The minimum atomic E-state index is -0.328. The smallest absolute Gasteiger partial charge is 0.224 e. The van der Waals surface area contributed by atoms with E-state index in [0.717, 1.165) is 18.4 Å². The average molecular weight is 377 g/mol. The summed E-state index contributed by atoms with van der Waals surface area (Å²) in [6.45, 7) is 2.55. The van der Waals surface area contributed by atoms with E-state index in [9.17, 15) is 9.18 Å². The number of hydrogen-bond acceptors (Lipinski definition) is 3. The first-order chi connectivity index (χ1) is 12.6. The lowest BCUT2D eigenvalue weighted by Gasteiger charge is -2.29. The molecule has 6 heteroatoms. The van der Waals surface area contributed by atoms with Crippen LogP contribution in [0.5, 0.6) is 0 Å². The number of rotatable bonds is 6. The molecule has 1 aliphatic heterocycles. The van der Waals surface area contributed by atoms with Gasteiger partial charge in [-0.05, 0) is 48.7 Å². The van der Waals surface area contributed by atoms with Crippen LogP contribution in [0.3, 0.4) is 0 Å². The number of hydrogen-bond donors (Lipinski definition) is 1. The summed E-state index contributed by atoms with van der Waals surface area (Å²) in [7, 11) is 0. The quantitative estimate of drug-likeness (QED) is 0.818. The van der Waals surface area contributed by atoms with Crippen molar-refractivity contribution in [1.82, 2.24) is 0 Å². The van der Waals surface area contributed by atoms with Gasteiger partial charge in [0.05, 0.1) is 18.9 Å². The summed E-state index contributed by atoms with van der Waals surface area (Å²) in [6.07, 6.45) is 1.91. The first-order valence-electron chi connectivity index (χ1n) is 8.78. The number of anilines is 2. The maximum Gasteiger partial charge on any atom is 0.224 e. The molecule has 0 atom stereocenters. The van der Waals surface area contributed by atoms with Crippen LogP contribution in [0.2, 0.25) is 5.02 Å². The fourth-order valence-electron chi connectivity index (χ4n) is 2.97. The summed E-state index contributed by atoms with van der Waals surface area (Å²) in [5.74, 6) is -0.441. The number of benzene rings is 2. The highest BCUT2D eigenvalue weighted by atomic mass is 35.5. The molecule has 0 unspecified atom stereocenters. The van der Waals surface area contributed by atoms with E-state index >= 15 is 0 Å². The molecule has 4 nitrogen and oxygen atoms in total. The number of carbonyl (C=O) groups excluding carboxylic acids is 1. The van der Waals surface area contributed by atoms with Crippen LogP contribution in [0, 0.1) is 5.82 Å². The van der Waals surface area contributed by atoms with Gasteiger partial charge in [0.1, 0.15) is 5.82 Å². The Kier molecular flexibility index (Phi) is 6.47. The summed E-state index contributed by atoms with van der Waals surface area (Å²) in [4.78, 5) is 14.0. The Morgan fingerprint density at radius 1 is 1.15 bits per heavy atom. The Labute approximate surface area is 157 Å². The Hall–Kier alpha value is -2.11. The van der Waals surface area contributed by atoms with E-state index < -0.39 is 0 Å². The lowest BCUT2D eigenvalue weighted by atomic mass is 10.1. The fraction of sp³-hybridized carbons (Fsp3) is 0.350. The van der Waals surface area contributed by atoms with Gasteiger partial charge in [-0.3, -0.25) is 4.79 Å². The molecular weight excluding hydrogens is 355 g/mol. The highest BCUT2D eigenvalue weighted by molar-refractivity contribution is 6.30. The van der Waals surface area contributed by atoms with E-state index in [-0.39, 0.29) is 11.7 Å². The van der Waals surface area contributed by atoms with Crippen LogP contribution in [0.4, 0.5) is 15.8 Å². The third-order valence-electron chi connectivity index (χ3n) is 4.37. The van der Waals surface area contributed by atoms with E-state index in [2.05, 4.69) is 5.32 Å². The average Bonchev–Trinajstić information content (AvgIpc) is 2.64. The lowest BCUT2D eigenvalue weighted by Crippen LogP contribution is -2.36. The predicted molar refractivity (Wildman–Crippen MR) is 102 cm³/mol. The molecule has 0 spiro atoms. The number of nitrogens with zero attached hydrogens (tertiary/aromatic N) is 1. The van der Waals surface area contributed by atoms with Gasteiger partial charge in [0.15, 0.2) is 0 Å². The molecule has 26 heavy (non-hydrogen) atoms. The SMILES string of the molecule is O=C(CCCc1ccc(Cl)cc1)Nc1ccc(N2CCOCC2)c(F)c1. The van der Waals surface area contributed by atoms with Crippen LogP contribution in [-0.4, -0.2) is 32.2 Å². The maximum absolute atomic E-state index is 14.3. The van der Waals surface area contributed by atoms with Gasteiger partial charge in [-0.15, -0.1) is 0 Å². The number of halogens is 2. The van der Waals surface area contributed by atoms with Crippen LogP contribution < -0.4 is 10.2 Å². The van der Waals surface area contributed by atoms with Crippen molar-refractivity contribution in [2.75, 3.05) is 36.5 Å². The molecule has 0 aliphatic carbocycles. The van der Waals surface area contributed by atoms with Crippen LogP contribution in [0.1, 0.15) is 18.4 Å². The Morgan fingerprint density at radius 3 is 2.58 bits per heavy atom. The molecule has 138 valence electrons. The number of nitrogens with one attached hydrogen (secondary N) is 1. The Bertz CT molecular complexity index is 746. The molecule has 1 heterocycles. The van der Waals surface area contributed by atoms with E-state index in [4.69, 9.17) is 16.3 Å². The lowest BCUT2D eigenvalue weighted by molar-refractivity contribution is -0.116. The topological polar surface area (TPSA) is 41.6 Å². The van der Waals surface area contributed by atoms with Crippen molar-refractivity contribution < 1.29 is 13.9 Å². The zero-order valence-corrected chi connectivity index (χ0v) is 15.3. The van der Waals surface area contributed by atoms with E-state index in [1.54, 1.807) is 12.1 Å². The number of ether oxygens (including phenoxy) is 1. The minimum Gasteiger partial charge on any atom is -0.378 e. The number of aryl methyl sites for hydroxylation is 1. The third kappa shape index (κ3) is 5.19. The summed E-state index contributed by atoms with van der Waals surface area (Å²) >= 11 is 5.86. The molecule has 0 radical (unpaired) electrons. The van der Waals surface area contributed by atoms with Gasteiger partial charge in [0.25, 0.3) is 0 Å². The second-order valence-corrected chi connectivity index (χ2v) is 6.73. The summed E-state index contributed by atoms with van der Waals surface area (Å²) < 4.78 is 19.6. The monoisotopic (exact) mass is 376 g/mol. The molecule has 0 saturated carbocycles. The zero-order valence-electron chi connectivity index (χ0n) is 14.5. The fourth-order valence-corrected chi connectivity index (χ4v) is 3.10. The van der Waals surface area contributed by atoms with Crippen molar-refractivity contribution >= 4 is 28.9 Å². The summed E-state index contributed by atoms with van der Waals surface area (Å²) in [6, 6.07) is 12.4. The van der Waals surface area contributed by atoms with Crippen LogP contribution in [0.25, 0.3) is 0 Å². The van der Waals surface area contributed by atoms with Gasteiger partial charge < -0.3 is 15.0 Å². The molecule has 0 aromatic heterocycles. The first-order valence-corrected chi connectivity index (χ1v) is 9.16. The van der Waals surface area contributed by atoms with Crippen molar-refractivity contribution in [3.05, 3.63) is 58.9 Å². The Balaban J connectivity index is 1.49. The highest BCUT2D eigenvalue weighted by Gasteiger charge is 2.15. The molecular formula is C20H22ClFN2O2. The molecule has 1 saturated heterocycles. The second-order valence-electron chi connectivity index (χ2n) is 6.29. The van der Waals surface area contributed by atoms with Crippen molar-refractivity contribution in [3.63, 3.8) is 0 Å². The van der Waals surface area contributed by atoms with Gasteiger partial charge >= 0.3 is 0 Å². The van der Waals surface area contributed by atoms with Crippen molar-refractivity contribution in [1.29, 1.82) is 0 Å². The van der Waals surface area contributed by atoms with Crippen LogP contribution >= 0.6 is 11.6 Å². The van der Waals surface area contributed by atoms with Crippen LogP contribution in [0.15, 0.2) is 42.5 Å². The number of amides is 1. The van der Waals surface area contributed by atoms with Crippen molar-refractivity contribution in [2.45, 2.75) is 19.3 Å². The molecule has 2 aromatic carbocycles. The maximum atomic E-state index is 14.3. The molecule has 1 aliphatic rings. The molecule has 1 fully saturated rings. The molecule has 1 amide bonds.